The number of rotatable bonds is 2. The average molecular weight is 242 g/mol. The Morgan fingerprint density at radius 2 is 2.24 bits per heavy atom. The maximum absolute atomic E-state index is 12.7. The molecule has 1 aromatic carbocycles. The van der Waals surface area contributed by atoms with Gasteiger partial charge in [-0.3, -0.25) is 4.79 Å². The fourth-order valence-corrected chi connectivity index (χ4v) is 2.07. The highest BCUT2D eigenvalue weighted by atomic mass is 19.3. The molecule has 1 heterocycles. The van der Waals surface area contributed by atoms with Crippen LogP contribution in [0.5, 0.6) is 5.75 Å². The van der Waals surface area contributed by atoms with Crippen LogP contribution in [0, 0.1) is 12.8 Å². The summed E-state index contributed by atoms with van der Waals surface area (Å²) in [5, 5.41) is 8.96. The Bertz CT molecular complexity index is 445. The third-order valence-corrected chi connectivity index (χ3v) is 3.02. The minimum absolute atomic E-state index is 0.0896. The lowest BCUT2D eigenvalue weighted by Gasteiger charge is -2.31. The number of halogens is 2. The molecule has 1 N–H and O–H groups in total. The van der Waals surface area contributed by atoms with Gasteiger partial charge in [0.1, 0.15) is 11.7 Å². The van der Waals surface area contributed by atoms with Crippen molar-refractivity contribution in [2.75, 3.05) is 0 Å². The molecule has 3 nitrogen and oxygen atoms in total. The molecule has 92 valence electrons. The molecule has 0 bridgehead atoms. The summed E-state index contributed by atoms with van der Waals surface area (Å²) in [6, 6.07) is 5.11. The minimum atomic E-state index is -2.80. The Morgan fingerprint density at radius 1 is 1.53 bits per heavy atom. The van der Waals surface area contributed by atoms with Crippen molar-refractivity contribution in [2.24, 2.45) is 5.92 Å². The summed E-state index contributed by atoms with van der Waals surface area (Å²) < 4.78 is 30.6. The third-order valence-electron chi connectivity index (χ3n) is 3.02. The molecule has 0 fully saturated rings. The molecule has 0 amide bonds. The molecule has 17 heavy (non-hydrogen) atoms. The van der Waals surface area contributed by atoms with Gasteiger partial charge in [-0.1, -0.05) is 12.1 Å². The Hall–Kier alpha value is -1.65. The van der Waals surface area contributed by atoms with Gasteiger partial charge in [-0.05, 0) is 30.5 Å². The first-order chi connectivity index (χ1) is 8.00. The molecule has 5 heteroatoms. The summed E-state index contributed by atoms with van der Waals surface area (Å²) in [6.45, 7) is 1.81. The third kappa shape index (κ3) is 2.09. The topological polar surface area (TPSA) is 46.5 Å². The smallest absolute Gasteiger partial charge is 0.310 e. The molecule has 0 aliphatic carbocycles. The van der Waals surface area contributed by atoms with Crippen LogP contribution in [-0.4, -0.2) is 23.6 Å². The van der Waals surface area contributed by atoms with E-state index in [0.29, 0.717) is 11.3 Å². The van der Waals surface area contributed by atoms with E-state index >= 15 is 0 Å². The van der Waals surface area contributed by atoms with Crippen molar-refractivity contribution >= 4 is 5.97 Å². The number of carboxylic acids is 1. The van der Waals surface area contributed by atoms with E-state index in [4.69, 9.17) is 9.84 Å². The molecule has 1 aliphatic heterocycles. The Kier molecular flexibility index (Phi) is 3.00. The van der Waals surface area contributed by atoms with Gasteiger partial charge in [-0.15, -0.1) is 0 Å². The van der Waals surface area contributed by atoms with Crippen LogP contribution in [0.4, 0.5) is 8.78 Å². The molecule has 0 radical (unpaired) electrons. The molecule has 2 atom stereocenters. The van der Waals surface area contributed by atoms with Crippen molar-refractivity contribution in [3.8, 4) is 5.75 Å². The fraction of sp³-hybridized carbons (Fsp3) is 0.417. The number of ether oxygens (including phenoxy) is 1. The Morgan fingerprint density at radius 3 is 2.82 bits per heavy atom. The van der Waals surface area contributed by atoms with Crippen LogP contribution in [0.2, 0.25) is 0 Å². The van der Waals surface area contributed by atoms with Crippen molar-refractivity contribution in [3.05, 3.63) is 29.3 Å². The van der Waals surface area contributed by atoms with Crippen LogP contribution < -0.4 is 4.74 Å². The van der Waals surface area contributed by atoms with Gasteiger partial charge in [-0.2, -0.15) is 0 Å². The van der Waals surface area contributed by atoms with Crippen LogP contribution in [0.3, 0.4) is 0 Å². The standard InChI is InChI=1S/C12H12F2O3/c1-6-3-2-4-9-7(6)5-8(12(15)16)10(17-9)11(13)14/h2-4,8,10-11H,5H2,1H3,(H,15,16). The van der Waals surface area contributed by atoms with Crippen molar-refractivity contribution in [1.82, 2.24) is 0 Å². The van der Waals surface area contributed by atoms with E-state index in [-0.39, 0.29) is 6.42 Å². The molecular weight excluding hydrogens is 230 g/mol. The van der Waals surface area contributed by atoms with Gasteiger partial charge >= 0.3 is 5.97 Å². The average Bonchev–Trinajstić information content (AvgIpc) is 2.27. The summed E-state index contributed by atoms with van der Waals surface area (Å²) in [6.07, 6.45) is -4.28. The normalized spacial score (nSPS) is 23.1. The predicted octanol–water partition coefficient (Wildman–Crippen LogP) is 2.26. The summed E-state index contributed by atoms with van der Waals surface area (Å²) in [7, 11) is 0. The van der Waals surface area contributed by atoms with E-state index < -0.39 is 24.4 Å². The van der Waals surface area contributed by atoms with Crippen molar-refractivity contribution in [3.63, 3.8) is 0 Å². The highest BCUT2D eigenvalue weighted by molar-refractivity contribution is 5.72. The van der Waals surface area contributed by atoms with Crippen molar-refractivity contribution in [1.29, 1.82) is 0 Å². The number of carbonyl (C=O) groups is 1. The SMILES string of the molecule is Cc1cccc2c1CC(C(=O)O)C(C(F)F)O2. The molecule has 2 unspecified atom stereocenters. The summed E-state index contributed by atoms with van der Waals surface area (Å²) in [4.78, 5) is 11.0. The van der Waals surface area contributed by atoms with E-state index in [0.717, 1.165) is 5.56 Å². The van der Waals surface area contributed by atoms with Gasteiger partial charge < -0.3 is 9.84 Å². The molecule has 2 rings (SSSR count). The number of hydrogen-bond acceptors (Lipinski definition) is 2. The van der Waals surface area contributed by atoms with Crippen LogP contribution in [0.25, 0.3) is 0 Å². The number of fused-ring (bicyclic) bond motifs is 1. The van der Waals surface area contributed by atoms with Gasteiger partial charge in [0.25, 0.3) is 6.43 Å². The van der Waals surface area contributed by atoms with Gasteiger partial charge in [0.15, 0.2) is 6.10 Å². The van der Waals surface area contributed by atoms with Crippen LogP contribution >= 0.6 is 0 Å². The minimum Gasteiger partial charge on any atom is -0.483 e. The molecule has 0 saturated carbocycles. The lowest BCUT2D eigenvalue weighted by molar-refractivity contribution is -0.150. The highest BCUT2D eigenvalue weighted by Gasteiger charge is 2.41. The van der Waals surface area contributed by atoms with Gasteiger partial charge in [0.2, 0.25) is 0 Å². The highest BCUT2D eigenvalue weighted by Crippen LogP contribution is 2.35. The first kappa shape index (κ1) is 11.8. The van der Waals surface area contributed by atoms with E-state index in [2.05, 4.69) is 0 Å². The lowest BCUT2D eigenvalue weighted by Crippen LogP contribution is -2.43. The van der Waals surface area contributed by atoms with Gasteiger partial charge in [0, 0.05) is 0 Å². The summed E-state index contributed by atoms with van der Waals surface area (Å²) in [5.74, 6) is -2.07. The molecular formula is C12H12F2O3. The van der Waals surface area contributed by atoms with Crippen LogP contribution in [-0.2, 0) is 11.2 Å². The van der Waals surface area contributed by atoms with Crippen molar-refractivity contribution < 1.29 is 23.4 Å². The summed E-state index contributed by atoms with van der Waals surface area (Å²) >= 11 is 0. The first-order valence-electron chi connectivity index (χ1n) is 5.27. The number of hydrogen-bond donors (Lipinski definition) is 1. The second-order valence-corrected chi connectivity index (χ2v) is 4.12. The lowest BCUT2D eigenvalue weighted by atomic mass is 9.88. The zero-order chi connectivity index (χ0) is 12.6. The van der Waals surface area contributed by atoms with Gasteiger partial charge in [0.05, 0.1) is 0 Å². The number of alkyl halides is 2. The van der Waals surface area contributed by atoms with Crippen molar-refractivity contribution in [2.45, 2.75) is 25.9 Å². The zero-order valence-corrected chi connectivity index (χ0v) is 9.19. The van der Waals surface area contributed by atoms with E-state index in [1.165, 1.54) is 0 Å². The van der Waals surface area contributed by atoms with Crippen LogP contribution in [0.1, 0.15) is 11.1 Å². The molecule has 0 aromatic heterocycles. The van der Waals surface area contributed by atoms with E-state index in [9.17, 15) is 13.6 Å². The largest absolute Gasteiger partial charge is 0.483 e. The maximum atomic E-state index is 12.7. The molecule has 1 aromatic rings. The van der Waals surface area contributed by atoms with Crippen LogP contribution in [0.15, 0.2) is 18.2 Å². The number of benzene rings is 1. The molecule has 0 saturated heterocycles. The fourth-order valence-electron chi connectivity index (χ4n) is 2.07. The maximum Gasteiger partial charge on any atom is 0.310 e. The molecule has 0 spiro atoms. The van der Waals surface area contributed by atoms with E-state index in [1.807, 2.05) is 13.0 Å². The second-order valence-electron chi connectivity index (χ2n) is 4.12. The number of aryl methyl sites for hydroxylation is 1. The first-order valence-corrected chi connectivity index (χ1v) is 5.27. The Balaban J connectivity index is 2.40. The quantitative estimate of drug-likeness (QED) is 0.865. The van der Waals surface area contributed by atoms with E-state index in [1.54, 1.807) is 12.1 Å². The monoisotopic (exact) mass is 242 g/mol. The summed E-state index contributed by atoms with van der Waals surface area (Å²) in [5.41, 5.74) is 1.57. The number of carboxylic acid groups (broad SMARTS) is 1. The number of aliphatic carboxylic acids is 1. The van der Waals surface area contributed by atoms with Gasteiger partial charge in [-0.25, -0.2) is 8.78 Å². The Labute approximate surface area is 97.0 Å². The zero-order valence-electron chi connectivity index (χ0n) is 9.19. The second kappa shape index (κ2) is 4.31. The molecule has 1 aliphatic rings. The predicted molar refractivity (Wildman–Crippen MR) is 56.4 cm³/mol.